The highest BCUT2D eigenvalue weighted by Gasteiger charge is 2.36. The van der Waals surface area contributed by atoms with E-state index in [2.05, 4.69) is 24.1 Å². The number of amides is 2. The normalized spacial score (nSPS) is 18.6. The second kappa shape index (κ2) is 10.2. The summed E-state index contributed by atoms with van der Waals surface area (Å²) in [7, 11) is 0. The second-order valence-corrected chi connectivity index (χ2v) is 10.8. The second-order valence-electron chi connectivity index (χ2n) is 10.4. The lowest BCUT2D eigenvalue weighted by Gasteiger charge is -2.42. The Kier molecular flexibility index (Phi) is 6.98. The number of rotatable bonds is 1. The monoisotopic (exact) mass is 507 g/mol. The van der Waals surface area contributed by atoms with E-state index in [1.54, 1.807) is 18.2 Å². The fraction of sp³-hybridized carbons (Fsp3) is 0.448. The van der Waals surface area contributed by atoms with Crippen molar-refractivity contribution in [2.45, 2.75) is 52.4 Å². The predicted octanol–water partition coefficient (Wildman–Crippen LogP) is 6.04. The molecule has 3 heterocycles. The SMILES string of the molecule is Cc1[nH]c2ccc(C(=O)N3CCC4(CCCCCOc5ccc(Cl)cc5C(=O)NC4)CC3)cc2c1C. The number of halogens is 1. The van der Waals surface area contributed by atoms with Crippen LogP contribution in [0.4, 0.5) is 0 Å². The number of likely N-dealkylation sites (tertiary alicyclic amines) is 1. The predicted molar refractivity (Wildman–Crippen MR) is 143 cm³/mol. The zero-order valence-corrected chi connectivity index (χ0v) is 21.8. The molecule has 0 bridgehead atoms. The Morgan fingerprint density at radius 3 is 2.64 bits per heavy atom. The first-order chi connectivity index (χ1) is 17.3. The van der Waals surface area contributed by atoms with E-state index in [1.165, 1.54) is 5.56 Å². The van der Waals surface area contributed by atoms with Crippen molar-refractivity contribution in [3.05, 3.63) is 63.8 Å². The highest BCUT2D eigenvalue weighted by Crippen LogP contribution is 2.37. The zero-order chi connectivity index (χ0) is 25.3. The lowest BCUT2D eigenvalue weighted by Crippen LogP contribution is -2.48. The third-order valence-corrected chi connectivity index (χ3v) is 8.32. The van der Waals surface area contributed by atoms with Crippen LogP contribution in [0.5, 0.6) is 5.75 Å². The molecule has 1 aromatic heterocycles. The van der Waals surface area contributed by atoms with Crippen molar-refractivity contribution >= 4 is 34.3 Å². The van der Waals surface area contributed by atoms with Crippen LogP contribution < -0.4 is 10.1 Å². The molecule has 5 rings (SSSR count). The Hall–Kier alpha value is -2.99. The molecule has 1 spiro atoms. The fourth-order valence-corrected chi connectivity index (χ4v) is 5.78. The summed E-state index contributed by atoms with van der Waals surface area (Å²) in [5, 5.41) is 4.79. The fourth-order valence-electron chi connectivity index (χ4n) is 5.61. The minimum Gasteiger partial charge on any atom is -0.493 e. The zero-order valence-electron chi connectivity index (χ0n) is 21.1. The van der Waals surface area contributed by atoms with Gasteiger partial charge in [-0.3, -0.25) is 9.59 Å². The molecule has 2 aliphatic heterocycles. The van der Waals surface area contributed by atoms with Gasteiger partial charge in [-0.1, -0.05) is 24.4 Å². The number of carbonyl (C=O) groups excluding carboxylic acids is 2. The number of carbonyl (C=O) groups is 2. The van der Waals surface area contributed by atoms with Gasteiger partial charge >= 0.3 is 0 Å². The largest absolute Gasteiger partial charge is 0.493 e. The summed E-state index contributed by atoms with van der Waals surface area (Å²) in [6, 6.07) is 11.1. The smallest absolute Gasteiger partial charge is 0.255 e. The first-order valence-corrected chi connectivity index (χ1v) is 13.3. The summed E-state index contributed by atoms with van der Waals surface area (Å²) in [4.78, 5) is 31.8. The summed E-state index contributed by atoms with van der Waals surface area (Å²) in [6.45, 7) is 6.72. The molecule has 2 aromatic carbocycles. The van der Waals surface area contributed by atoms with Crippen molar-refractivity contribution in [3.8, 4) is 5.75 Å². The number of ether oxygens (including phenoxy) is 1. The highest BCUT2D eigenvalue weighted by molar-refractivity contribution is 6.31. The minimum atomic E-state index is -0.156. The van der Waals surface area contributed by atoms with Crippen LogP contribution in [-0.2, 0) is 0 Å². The van der Waals surface area contributed by atoms with Gasteiger partial charge in [0.2, 0.25) is 0 Å². The number of nitrogens with one attached hydrogen (secondary N) is 2. The molecule has 6 nitrogen and oxygen atoms in total. The molecule has 0 unspecified atom stereocenters. The van der Waals surface area contributed by atoms with E-state index < -0.39 is 0 Å². The van der Waals surface area contributed by atoms with Crippen molar-refractivity contribution in [2.75, 3.05) is 26.2 Å². The Morgan fingerprint density at radius 1 is 1.03 bits per heavy atom. The van der Waals surface area contributed by atoms with Crippen molar-refractivity contribution in [2.24, 2.45) is 5.41 Å². The van der Waals surface area contributed by atoms with Crippen LogP contribution >= 0.6 is 11.6 Å². The van der Waals surface area contributed by atoms with Gasteiger partial charge in [-0.25, -0.2) is 0 Å². The molecule has 2 N–H and O–H groups in total. The van der Waals surface area contributed by atoms with Gasteiger partial charge in [0.25, 0.3) is 11.8 Å². The van der Waals surface area contributed by atoms with E-state index in [0.29, 0.717) is 42.6 Å². The number of aromatic nitrogens is 1. The molecule has 2 amide bonds. The van der Waals surface area contributed by atoms with Crippen LogP contribution in [0, 0.1) is 19.3 Å². The number of H-pyrrole nitrogens is 1. The quantitative estimate of drug-likeness (QED) is 0.421. The molecule has 190 valence electrons. The summed E-state index contributed by atoms with van der Waals surface area (Å²) in [5.74, 6) is 0.510. The molecule has 0 radical (unpaired) electrons. The van der Waals surface area contributed by atoms with Gasteiger partial charge in [0, 0.05) is 46.8 Å². The number of hydrogen-bond donors (Lipinski definition) is 2. The van der Waals surface area contributed by atoms with E-state index in [4.69, 9.17) is 16.3 Å². The third-order valence-electron chi connectivity index (χ3n) is 8.09. The van der Waals surface area contributed by atoms with Gasteiger partial charge in [-0.15, -0.1) is 0 Å². The van der Waals surface area contributed by atoms with Crippen molar-refractivity contribution in [1.82, 2.24) is 15.2 Å². The van der Waals surface area contributed by atoms with Crippen LogP contribution in [0.3, 0.4) is 0 Å². The number of fused-ring (bicyclic) bond motifs is 2. The number of benzene rings is 2. The molecule has 1 fully saturated rings. The molecule has 0 aliphatic carbocycles. The maximum atomic E-state index is 13.4. The average molecular weight is 508 g/mol. The van der Waals surface area contributed by atoms with Gasteiger partial charge in [-0.2, -0.15) is 0 Å². The van der Waals surface area contributed by atoms with Crippen LogP contribution in [-0.4, -0.2) is 47.9 Å². The minimum absolute atomic E-state index is 0.0104. The maximum Gasteiger partial charge on any atom is 0.255 e. The molecule has 0 atom stereocenters. The number of piperidine rings is 1. The Balaban J connectivity index is 1.29. The molecule has 0 saturated carbocycles. The van der Waals surface area contributed by atoms with E-state index in [9.17, 15) is 9.59 Å². The third kappa shape index (κ3) is 4.96. The van der Waals surface area contributed by atoms with Gasteiger partial charge in [0.05, 0.1) is 12.2 Å². The number of aromatic amines is 1. The molecule has 3 aromatic rings. The van der Waals surface area contributed by atoms with E-state index >= 15 is 0 Å². The van der Waals surface area contributed by atoms with Crippen molar-refractivity contribution in [3.63, 3.8) is 0 Å². The van der Waals surface area contributed by atoms with E-state index in [-0.39, 0.29) is 17.2 Å². The maximum absolute atomic E-state index is 13.4. The topological polar surface area (TPSA) is 74.4 Å². The molecule has 36 heavy (non-hydrogen) atoms. The lowest BCUT2D eigenvalue weighted by atomic mass is 9.74. The summed E-state index contributed by atoms with van der Waals surface area (Å²) < 4.78 is 5.88. The number of aryl methyl sites for hydroxylation is 2. The average Bonchev–Trinajstić information content (AvgIpc) is 3.17. The summed E-state index contributed by atoms with van der Waals surface area (Å²) >= 11 is 6.17. The summed E-state index contributed by atoms with van der Waals surface area (Å²) in [5.41, 5.74) is 4.60. The van der Waals surface area contributed by atoms with Crippen molar-refractivity contribution < 1.29 is 14.3 Å². The van der Waals surface area contributed by atoms with Gasteiger partial charge in [-0.05, 0) is 86.9 Å². The van der Waals surface area contributed by atoms with E-state index in [1.807, 2.05) is 23.1 Å². The highest BCUT2D eigenvalue weighted by atomic mass is 35.5. The molecule has 1 saturated heterocycles. The Bertz CT molecular complexity index is 1290. The number of hydrogen-bond acceptors (Lipinski definition) is 3. The Labute approximate surface area is 217 Å². The van der Waals surface area contributed by atoms with Crippen LogP contribution in [0.15, 0.2) is 36.4 Å². The Morgan fingerprint density at radius 2 is 1.83 bits per heavy atom. The number of nitrogens with zero attached hydrogens (tertiary/aromatic N) is 1. The lowest BCUT2D eigenvalue weighted by molar-refractivity contribution is 0.0533. The molecule has 2 aliphatic rings. The molecular formula is C29H34ClN3O3. The first kappa shape index (κ1) is 24.7. The van der Waals surface area contributed by atoms with E-state index in [0.717, 1.165) is 60.7 Å². The first-order valence-electron chi connectivity index (χ1n) is 12.9. The van der Waals surface area contributed by atoms with Crippen LogP contribution in [0.2, 0.25) is 5.02 Å². The standard InChI is InChI=1S/C29H34ClN3O3/c1-19-20(2)32-25-8-6-21(16-23(19)25)28(35)33-13-11-29(12-14-33)10-4-3-5-15-36-26-9-7-22(30)17-24(26)27(34)31-18-29/h6-9,16-17,32H,3-5,10-15,18H2,1-2H3,(H,31,34). The molecule has 7 heteroatoms. The van der Waals surface area contributed by atoms with Gasteiger partial charge in [0.15, 0.2) is 0 Å². The van der Waals surface area contributed by atoms with Crippen molar-refractivity contribution in [1.29, 1.82) is 0 Å². The molecular weight excluding hydrogens is 474 g/mol. The van der Waals surface area contributed by atoms with Gasteiger partial charge < -0.3 is 19.9 Å². The van der Waals surface area contributed by atoms with Crippen LogP contribution in [0.25, 0.3) is 10.9 Å². The van der Waals surface area contributed by atoms with Crippen LogP contribution in [0.1, 0.15) is 70.5 Å². The van der Waals surface area contributed by atoms with Gasteiger partial charge in [0.1, 0.15) is 5.75 Å². The summed E-state index contributed by atoms with van der Waals surface area (Å²) in [6.07, 6.45) is 5.90.